The minimum Gasteiger partial charge on any atom is -0.486 e. The largest absolute Gasteiger partial charge is 0.486 e. The highest BCUT2D eigenvalue weighted by Gasteiger charge is 2.08. The summed E-state index contributed by atoms with van der Waals surface area (Å²) >= 11 is 0. The van der Waals surface area contributed by atoms with Gasteiger partial charge in [0.05, 0.1) is 0 Å². The Balaban J connectivity index is 2.17. The fraction of sp³-hybridized carbons (Fsp3) is 0.133. The first-order valence-electron chi connectivity index (χ1n) is 5.63. The van der Waals surface area contributed by atoms with Gasteiger partial charge in [-0.25, -0.2) is 4.39 Å². The van der Waals surface area contributed by atoms with E-state index in [1.807, 2.05) is 30.3 Å². The van der Waals surface area contributed by atoms with Gasteiger partial charge in [-0.1, -0.05) is 30.3 Å². The number of carbonyl (C=O) groups excluding carboxylic acids is 1. The average molecular weight is 244 g/mol. The maximum absolute atomic E-state index is 13.6. The van der Waals surface area contributed by atoms with Gasteiger partial charge in [-0.15, -0.1) is 0 Å². The lowest BCUT2D eigenvalue weighted by atomic mass is 10.1. The highest BCUT2D eigenvalue weighted by Crippen LogP contribution is 2.22. The third-order valence-corrected chi connectivity index (χ3v) is 2.68. The molecular weight excluding hydrogens is 231 g/mol. The molecule has 0 aliphatic carbocycles. The van der Waals surface area contributed by atoms with Crippen molar-refractivity contribution in [1.29, 1.82) is 0 Å². The van der Waals surface area contributed by atoms with E-state index in [1.165, 1.54) is 12.1 Å². The fourth-order valence-electron chi connectivity index (χ4n) is 1.64. The van der Waals surface area contributed by atoms with E-state index in [1.54, 1.807) is 6.92 Å². The van der Waals surface area contributed by atoms with Gasteiger partial charge in [0.2, 0.25) is 0 Å². The summed E-state index contributed by atoms with van der Waals surface area (Å²) in [5.74, 6) is -0.347. The lowest BCUT2D eigenvalue weighted by Gasteiger charge is -2.09. The van der Waals surface area contributed by atoms with Crippen LogP contribution in [0.1, 0.15) is 21.5 Å². The van der Waals surface area contributed by atoms with Crippen molar-refractivity contribution < 1.29 is 13.9 Å². The number of hydrogen-bond donors (Lipinski definition) is 0. The van der Waals surface area contributed by atoms with Crippen molar-refractivity contribution >= 4 is 6.29 Å². The molecule has 0 spiro atoms. The summed E-state index contributed by atoms with van der Waals surface area (Å²) in [5.41, 5.74) is 2.00. The van der Waals surface area contributed by atoms with Crippen molar-refractivity contribution in [2.24, 2.45) is 0 Å². The van der Waals surface area contributed by atoms with Gasteiger partial charge in [0.25, 0.3) is 0 Å². The molecule has 18 heavy (non-hydrogen) atoms. The number of aryl methyl sites for hydroxylation is 1. The molecule has 0 saturated carbocycles. The van der Waals surface area contributed by atoms with Crippen molar-refractivity contribution in [3.63, 3.8) is 0 Å². The second-order valence-electron chi connectivity index (χ2n) is 4.03. The molecule has 92 valence electrons. The zero-order valence-electron chi connectivity index (χ0n) is 10.0. The van der Waals surface area contributed by atoms with E-state index in [0.717, 1.165) is 5.56 Å². The molecule has 0 bridgehead atoms. The molecule has 0 aromatic heterocycles. The molecule has 0 atom stereocenters. The van der Waals surface area contributed by atoms with Crippen LogP contribution >= 0.6 is 0 Å². The van der Waals surface area contributed by atoms with E-state index in [-0.39, 0.29) is 12.4 Å². The van der Waals surface area contributed by atoms with Crippen LogP contribution in [0, 0.1) is 12.7 Å². The van der Waals surface area contributed by atoms with E-state index >= 15 is 0 Å². The topological polar surface area (TPSA) is 26.3 Å². The number of rotatable bonds is 4. The Bertz CT molecular complexity index is 550. The van der Waals surface area contributed by atoms with Gasteiger partial charge >= 0.3 is 0 Å². The van der Waals surface area contributed by atoms with Gasteiger partial charge in [0.15, 0.2) is 11.6 Å². The van der Waals surface area contributed by atoms with Crippen LogP contribution in [0.2, 0.25) is 0 Å². The molecule has 0 fully saturated rings. The first kappa shape index (κ1) is 12.3. The van der Waals surface area contributed by atoms with Crippen molar-refractivity contribution in [3.8, 4) is 5.75 Å². The van der Waals surface area contributed by atoms with Crippen LogP contribution in [0.4, 0.5) is 4.39 Å². The molecule has 0 amide bonds. The molecule has 0 radical (unpaired) electrons. The highest BCUT2D eigenvalue weighted by atomic mass is 19.1. The summed E-state index contributed by atoms with van der Waals surface area (Å²) in [6.45, 7) is 1.97. The van der Waals surface area contributed by atoms with Crippen LogP contribution in [0.25, 0.3) is 0 Å². The number of hydrogen-bond acceptors (Lipinski definition) is 2. The summed E-state index contributed by atoms with van der Waals surface area (Å²) in [4.78, 5) is 10.8. The van der Waals surface area contributed by atoms with Crippen molar-refractivity contribution in [3.05, 3.63) is 65.0 Å². The van der Waals surface area contributed by atoms with Gasteiger partial charge in [-0.3, -0.25) is 4.79 Å². The Labute approximate surface area is 105 Å². The Morgan fingerprint density at radius 3 is 2.61 bits per heavy atom. The van der Waals surface area contributed by atoms with Gasteiger partial charge in [-0.2, -0.15) is 0 Å². The van der Waals surface area contributed by atoms with Crippen molar-refractivity contribution in [1.82, 2.24) is 0 Å². The van der Waals surface area contributed by atoms with Crippen molar-refractivity contribution in [2.75, 3.05) is 0 Å². The molecule has 0 N–H and O–H groups in total. The predicted octanol–water partition coefficient (Wildman–Crippen LogP) is 3.53. The number of halogens is 1. The Morgan fingerprint density at radius 2 is 1.94 bits per heavy atom. The Hall–Kier alpha value is -2.16. The SMILES string of the molecule is Cc1cc(F)c(OCc2ccccc2)cc1C=O. The van der Waals surface area contributed by atoms with Crippen LogP contribution in [-0.2, 0) is 6.61 Å². The first-order chi connectivity index (χ1) is 8.70. The third-order valence-electron chi connectivity index (χ3n) is 2.68. The number of benzene rings is 2. The molecule has 3 heteroatoms. The minimum absolute atomic E-state index is 0.103. The summed E-state index contributed by atoms with van der Waals surface area (Å²) in [7, 11) is 0. The molecule has 0 aliphatic rings. The molecule has 2 aromatic rings. The predicted molar refractivity (Wildman–Crippen MR) is 67.3 cm³/mol. The van der Waals surface area contributed by atoms with Gasteiger partial charge in [-0.05, 0) is 30.2 Å². The molecule has 2 nitrogen and oxygen atoms in total. The number of ether oxygens (including phenoxy) is 1. The van der Waals surface area contributed by atoms with E-state index in [0.29, 0.717) is 17.4 Å². The molecule has 0 aliphatic heterocycles. The normalized spacial score (nSPS) is 10.1. The quantitative estimate of drug-likeness (QED) is 0.769. The second kappa shape index (κ2) is 5.45. The van der Waals surface area contributed by atoms with Gasteiger partial charge < -0.3 is 4.74 Å². The van der Waals surface area contributed by atoms with E-state index in [9.17, 15) is 9.18 Å². The lowest BCUT2D eigenvalue weighted by molar-refractivity contribution is 0.112. The van der Waals surface area contributed by atoms with Gasteiger partial charge in [0, 0.05) is 5.56 Å². The van der Waals surface area contributed by atoms with Crippen LogP contribution in [0.5, 0.6) is 5.75 Å². The zero-order valence-corrected chi connectivity index (χ0v) is 10.0. The first-order valence-corrected chi connectivity index (χ1v) is 5.63. The van der Waals surface area contributed by atoms with Crippen LogP contribution in [0.3, 0.4) is 0 Å². The summed E-state index contributed by atoms with van der Waals surface area (Å²) in [5, 5.41) is 0. The summed E-state index contributed by atoms with van der Waals surface area (Å²) in [6.07, 6.45) is 0.699. The van der Waals surface area contributed by atoms with E-state index in [4.69, 9.17) is 4.74 Å². The monoisotopic (exact) mass is 244 g/mol. The Morgan fingerprint density at radius 1 is 1.22 bits per heavy atom. The molecule has 0 heterocycles. The smallest absolute Gasteiger partial charge is 0.165 e. The summed E-state index contributed by atoms with van der Waals surface area (Å²) < 4.78 is 19.0. The third kappa shape index (κ3) is 2.74. The number of aldehydes is 1. The number of carbonyl (C=O) groups is 1. The highest BCUT2D eigenvalue weighted by molar-refractivity contribution is 5.78. The van der Waals surface area contributed by atoms with Crippen LogP contribution < -0.4 is 4.74 Å². The molecular formula is C15H13FO2. The van der Waals surface area contributed by atoms with E-state index < -0.39 is 5.82 Å². The zero-order chi connectivity index (χ0) is 13.0. The Kier molecular flexibility index (Phi) is 3.72. The molecule has 2 rings (SSSR count). The maximum Gasteiger partial charge on any atom is 0.165 e. The van der Waals surface area contributed by atoms with E-state index in [2.05, 4.69) is 0 Å². The second-order valence-corrected chi connectivity index (χ2v) is 4.03. The summed E-state index contributed by atoms with van der Waals surface area (Å²) in [6, 6.07) is 12.2. The molecule has 2 aromatic carbocycles. The fourth-order valence-corrected chi connectivity index (χ4v) is 1.64. The molecule has 0 saturated heterocycles. The average Bonchev–Trinajstić information content (AvgIpc) is 2.39. The maximum atomic E-state index is 13.6. The van der Waals surface area contributed by atoms with Crippen LogP contribution in [-0.4, -0.2) is 6.29 Å². The van der Waals surface area contributed by atoms with Gasteiger partial charge in [0.1, 0.15) is 12.9 Å². The molecule has 0 unspecified atom stereocenters. The van der Waals surface area contributed by atoms with Crippen LogP contribution in [0.15, 0.2) is 42.5 Å². The van der Waals surface area contributed by atoms with Crippen molar-refractivity contribution in [2.45, 2.75) is 13.5 Å². The minimum atomic E-state index is -0.450. The lowest BCUT2D eigenvalue weighted by Crippen LogP contribution is -1.99. The standard InChI is InChI=1S/C15H13FO2/c1-11-7-14(16)15(8-13(11)9-17)18-10-12-5-3-2-4-6-12/h2-9H,10H2,1H3.